The number of ether oxygens (including phenoxy) is 1. The van der Waals surface area contributed by atoms with E-state index in [1.165, 1.54) is 12.3 Å². The number of amides is 1. The van der Waals surface area contributed by atoms with Crippen molar-refractivity contribution in [1.29, 1.82) is 0 Å². The molecule has 0 aromatic carbocycles. The summed E-state index contributed by atoms with van der Waals surface area (Å²) in [6, 6.07) is 1.77. The van der Waals surface area contributed by atoms with Gasteiger partial charge in [0, 0.05) is 31.5 Å². The number of aromatic nitrogens is 5. The van der Waals surface area contributed by atoms with Crippen LogP contribution in [0.2, 0.25) is 0 Å². The first kappa shape index (κ1) is 27.3. The van der Waals surface area contributed by atoms with E-state index in [1.54, 1.807) is 35.9 Å². The molecular formula is C25H31F3N8O2. The molecule has 13 heteroatoms. The Morgan fingerprint density at radius 3 is 2.53 bits per heavy atom. The molecule has 1 amide bonds. The highest BCUT2D eigenvalue weighted by molar-refractivity contribution is 6.03. The zero-order chi connectivity index (χ0) is 27.8. The first-order valence-electron chi connectivity index (χ1n) is 12.1. The maximum absolute atomic E-state index is 12.9. The third kappa shape index (κ3) is 6.21. The molecule has 3 aromatic heterocycles. The second kappa shape index (κ2) is 10.2. The third-order valence-corrected chi connectivity index (χ3v) is 5.92. The van der Waals surface area contributed by atoms with Gasteiger partial charge in [0.25, 0.3) is 0 Å². The summed E-state index contributed by atoms with van der Waals surface area (Å²) in [5.41, 5.74) is 1.25. The second-order valence-corrected chi connectivity index (χ2v) is 10.3. The molecule has 1 aliphatic rings. The van der Waals surface area contributed by atoms with Gasteiger partial charge in [0.2, 0.25) is 11.9 Å². The van der Waals surface area contributed by atoms with Crippen molar-refractivity contribution in [2.45, 2.75) is 71.6 Å². The molecule has 204 valence electrons. The largest absolute Gasteiger partial charge is 0.433 e. The van der Waals surface area contributed by atoms with Crippen LogP contribution in [0.25, 0.3) is 0 Å². The zero-order valence-electron chi connectivity index (χ0n) is 22.1. The Morgan fingerprint density at radius 2 is 1.89 bits per heavy atom. The molecule has 2 N–H and O–H groups in total. The van der Waals surface area contributed by atoms with E-state index in [2.05, 4.69) is 30.7 Å². The summed E-state index contributed by atoms with van der Waals surface area (Å²) < 4.78 is 45.8. The number of carbonyl (C=O) groups is 1. The minimum absolute atomic E-state index is 0.181. The Bertz CT molecular complexity index is 1300. The number of alkyl halides is 3. The maximum atomic E-state index is 12.9. The molecule has 0 aliphatic carbocycles. The van der Waals surface area contributed by atoms with Crippen molar-refractivity contribution in [2.24, 2.45) is 0 Å². The number of nitrogens with zero attached hydrogens (tertiary/aromatic N) is 6. The van der Waals surface area contributed by atoms with Crippen LogP contribution >= 0.6 is 0 Å². The van der Waals surface area contributed by atoms with E-state index in [9.17, 15) is 18.0 Å². The number of anilines is 3. The first-order valence-corrected chi connectivity index (χ1v) is 12.1. The lowest BCUT2D eigenvalue weighted by molar-refractivity contribution is -0.141. The van der Waals surface area contributed by atoms with Gasteiger partial charge < -0.3 is 20.3 Å². The summed E-state index contributed by atoms with van der Waals surface area (Å²) in [7, 11) is 1.81. The maximum Gasteiger partial charge on any atom is 0.433 e. The molecule has 0 saturated carbocycles. The Hall–Kier alpha value is -3.74. The number of pyridine rings is 1. The Morgan fingerprint density at radius 1 is 1.16 bits per heavy atom. The van der Waals surface area contributed by atoms with Gasteiger partial charge in [-0.25, -0.2) is 4.98 Å². The minimum Gasteiger partial charge on any atom is -0.370 e. The van der Waals surface area contributed by atoms with E-state index in [0.717, 1.165) is 11.6 Å². The third-order valence-electron chi connectivity index (χ3n) is 5.92. The lowest BCUT2D eigenvalue weighted by atomic mass is 10.1. The summed E-state index contributed by atoms with van der Waals surface area (Å²) in [5, 5.41) is 10.4. The van der Waals surface area contributed by atoms with Crippen LogP contribution in [0.5, 0.6) is 0 Å². The lowest BCUT2D eigenvalue weighted by Crippen LogP contribution is -2.54. The van der Waals surface area contributed by atoms with Crippen LogP contribution in [-0.2, 0) is 28.8 Å². The smallest absolute Gasteiger partial charge is 0.370 e. The van der Waals surface area contributed by atoms with Gasteiger partial charge >= 0.3 is 6.18 Å². The van der Waals surface area contributed by atoms with Crippen molar-refractivity contribution in [1.82, 2.24) is 24.7 Å². The summed E-state index contributed by atoms with van der Waals surface area (Å²) in [6.45, 7) is 10.1. The molecule has 4 rings (SSSR count). The topological polar surface area (TPSA) is 110 Å². The number of halogens is 3. The van der Waals surface area contributed by atoms with Gasteiger partial charge in [-0.05, 0) is 46.2 Å². The van der Waals surface area contributed by atoms with Gasteiger partial charge in [-0.2, -0.15) is 23.3 Å². The van der Waals surface area contributed by atoms with E-state index in [4.69, 9.17) is 4.74 Å². The molecule has 3 aromatic rings. The van der Waals surface area contributed by atoms with Crippen molar-refractivity contribution in [3.05, 3.63) is 53.2 Å². The number of nitrogens with one attached hydrogen (secondary N) is 2. The van der Waals surface area contributed by atoms with Gasteiger partial charge in [0.15, 0.2) is 5.82 Å². The van der Waals surface area contributed by atoms with E-state index < -0.39 is 23.5 Å². The molecule has 4 heterocycles. The highest BCUT2D eigenvalue weighted by atomic mass is 19.4. The van der Waals surface area contributed by atoms with Crippen LogP contribution in [0.3, 0.4) is 0 Å². The van der Waals surface area contributed by atoms with Crippen LogP contribution in [0.4, 0.5) is 30.6 Å². The van der Waals surface area contributed by atoms with Crippen molar-refractivity contribution in [2.75, 3.05) is 22.6 Å². The molecule has 0 spiro atoms. The van der Waals surface area contributed by atoms with Gasteiger partial charge in [-0.3, -0.25) is 14.5 Å². The fourth-order valence-electron chi connectivity index (χ4n) is 4.33. The van der Waals surface area contributed by atoms with Crippen molar-refractivity contribution < 1.29 is 22.7 Å². The standard InChI is InChI=1S/C25H31F3N8O2/c1-14-19-21(35(6)20(22(37)33-19)15(2)38-24(3,4)5)34-23(32-14)30-10-17-11-31-36(13-17)12-16-7-8-18(29-9-16)25(26,27)28/h7-9,11,13,15,20H,10,12H2,1-6H3,(H,33,37)(H,30,32,34)/t15-,20-/m0/s1. The van der Waals surface area contributed by atoms with Crippen LogP contribution in [-0.4, -0.2) is 55.4 Å². The number of fused-ring (bicyclic) bond motifs is 1. The van der Waals surface area contributed by atoms with E-state index in [0.29, 0.717) is 35.3 Å². The molecule has 2 atom stereocenters. The van der Waals surface area contributed by atoms with E-state index >= 15 is 0 Å². The summed E-state index contributed by atoms with van der Waals surface area (Å²) >= 11 is 0. The average Bonchev–Trinajstić information content (AvgIpc) is 3.24. The number of rotatable bonds is 7. The van der Waals surface area contributed by atoms with Gasteiger partial charge in [0.1, 0.15) is 17.4 Å². The number of likely N-dealkylation sites (N-methyl/N-ethyl adjacent to an activating group) is 1. The fraction of sp³-hybridized carbons (Fsp3) is 0.480. The molecule has 1 aliphatic heterocycles. The Kier molecular flexibility index (Phi) is 7.33. The average molecular weight is 533 g/mol. The molecule has 0 unspecified atom stereocenters. The van der Waals surface area contributed by atoms with Crippen molar-refractivity contribution >= 4 is 23.4 Å². The SMILES string of the molecule is Cc1nc(NCc2cnn(Cc3ccc(C(F)(F)F)nc3)c2)nc2c1NC(=O)[C@H]([C@H](C)OC(C)(C)C)N2C. The van der Waals surface area contributed by atoms with Crippen LogP contribution in [0, 0.1) is 6.92 Å². The van der Waals surface area contributed by atoms with Crippen LogP contribution in [0.1, 0.15) is 50.2 Å². The predicted molar refractivity (Wildman–Crippen MR) is 136 cm³/mol. The van der Waals surface area contributed by atoms with Gasteiger partial charge in [-0.15, -0.1) is 0 Å². The number of hydrogen-bond acceptors (Lipinski definition) is 8. The molecule has 38 heavy (non-hydrogen) atoms. The molecule has 0 saturated heterocycles. The Balaban J connectivity index is 1.44. The minimum atomic E-state index is -4.47. The predicted octanol–water partition coefficient (Wildman–Crippen LogP) is 4.02. The van der Waals surface area contributed by atoms with E-state index in [1.807, 2.05) is 27.7 Å². The molecule has 10 nitrogen and oxygen atoms in total. The molecule has 0 fully saturated rings. The summed E-state index contributed by atoms with van der Waals surface area (Å²) in [5.74, 6) is 0.784. The number of carbonyl (C=O) groups excluding carboxylic acids is 1. The highest BCUT2D eigenvalue weighted by Crippen LogP contribution is 2.34. The van der Waals surface area contributed by atoms with Crippen LogP contribution in [0.15, 0.2) is 30.7 Å². The first-order chi connectivity index (χ1) is 17.7. The van der Waals surface area contributed by atoms with E-state index in [-0.39, 0.29) is 18.6 Å². The zero-order valence-corrected chi connectivity index (χ0v) is 22.1. The molecule has 0 radical (unpaired) electrons. The Labute approximate surface area is 218 Å². The number of aryl methyl sites for hydroxylation is 1. The quantitative estimate of drug-likeness (QED) is 0.470. The van der Waals surface area contributed by atoms with Gasteiger partial charge in [0.05, 0.1) is 30.1 Å². The number of hydrogen-bond donors (Lipinski definition) is 2. The molecule has 0 bridgehead atoms. The highest BCUT2D eigenvalue weighted by Gasteiger charge is 2.39. The second-order valence-electron chi connectivity index (χ2n) is 10.3. The molecular weight excluding hydrogens is 501 g/mol. The summed E-state index contributed by atoms with van der Waals surface area (Å²) in [6.07, 6.45) is -0.222. The van der Waals surface area contributed by atoms with Crippen molar-refractivity contribution in [3.63, 3.8) is 0 Å². The monoisotopic (exact) mass is 532 g/mol. The fourth-order valence-corrected chi connectivity index (χ4v) is 4.33. The summed E-state index contributed by atoms with van der Waals surface area (Å²) in [4.78, 5) is 27.3. The van der Waals surface area contributed by atoms with Crippen LogP contribution < -0.4 is 15.5 Å². The van der Waals surface area contributed by atoms with Gasteiger partial charge in [-0.1, -0.05) is 6.07 Å². The van der Waals surface area contributed by atoms with Crippen molar-refractivity contribution in [3.8, 4) is 0 Å². The normalized spacial score (nSPS) is 16.7. The lowest BCUT2D eigenvalue weighted by Gasteiger charge is -2.39.